The van der Waals surface area contributed by atoms with Crippen molar-refractivity contribution in [3.8, 4) is 17.2 Å². The van der Waals surface area contributed by atoms with Crippen LogP contribution in [0.2, 0.25) is 0 Å². The molecule has 1 aromatic heterocycles. The number of hydrogen-bond donors (Lipinski definition) is 1. The summed E-state index contributed by atoms with van der Waals surface area (Å²) in [5.41, 5.74) is 3.45. The van der Waals surface area contributed by atoms with E-state index in [4.69, 9.17) is 21.7 Å². The molecule has 1 aliphatic heterocycles. The first-order valence-electron chi connectivity index (χ1n) is 7.51. The zero-order valence-electron chi connectivity index (χ0n) is 13.3. The van der Waals surface area contributed by atoms with Gasteiger partial charge in [-0.15, -0.1) is 0 Å². The van der Waals surface area contributed by atoms with Crippen LogP contribution in [0, 0.1) is 4.77 Å². The van der Waals surface area contributed by atoms with Crippen LogP contribution in [0.3, 0.4) is 0 Å². The first-order valence-corrected chi connectivity index (χ1v) is 8.80. The fraction of sp³-hybridized carbons (Fsp3) is 0.167. The summed E-state index contributed by atoms with van der Waals surface area (Å²) in [5, 5.41) is 1.46. The van der Waals surface area contributed by atoms with E-state index in [1.54, 1.807) is 14.2 Å². The molecule has 0 saturated heterocycles. The van der Waals surface area contributed by atoms with Crippen LogP contribution in [0.15, 0.2) is 53.6 Å². The van der Waals surface area contributed by atoms with E-state index in [0.29, 0.717) is 4.77 Å². The number of benzene rings is 2. The molecular weight excluding hydrogens is 340 g/mol. The average Bonchev–Trinajstić information content (AvgIpc) is 2.87. The predicted molar refractivity (Wildman–Crippen MR) is 98.2 cm³/mol. The van der Waals surface area contributed by atoms with E-state index in [2.05, 4.69) is 21.7 Å². The van der Waals surface area contributed by atoms with Gasteiger partial charge in [-0.2, -0.15) is 0 Å². The minimum Gasteiger partial charge on any atom is -0.497 e. The lowest BCUT2D eigenvalue weighted by atomic mass is 10.1. The predicted octanol–water partition coefficient (Wildman–Crippen LogP) is 4.75. The van der Waals surface area contributed by atoms with Crippen molar-refractivity contribution < 1.29 is 9.47 Å². The maximum absolute atomic E-state index is 5.53. The maximum atomic E-state index is 5.53. The number of thioether (sulfide) groups is 1. The molecule has 0 bridgehead atoms. The highest BCUT2D eigenvalue weighted by atomic mass is 32.2. The monoisotopic (exact) mass is 356 g/mol. The van der Waals surface area contributed by atoms with Crippen LogP contribution in [0.25, 0.3) is 5.69 Å². The number of aromatic amines is 1. The van der Waals surface area contributed by atoms with Gasteiger partial charge < -0.3 is 14.5 Å². The van der Waals surface area contributed by atoms with E-state index in [1.807, 2.05) is 48.2 Å². The summed E-state index contributed by atoms with van der Waals surface area (Å²) in [5.74, 6) is 1.70. The van der Waals surface area contributed by atoms with Crippen LogP contribution >= 0.6 is 24.0 Å². The molecule has 1 aliphatic rings. The number of methoxy groups -OCH3 is 2. The van der Waals surface area contributed by atoms with Gasteiger partial charge in [0.2, 0.25) is 0 Å². The van der Waals surface area contributed by atoms with Crippen LogP contribution < -0.4 is 9.47 Å². The molecule has 122 valence electrons. The van der Waals surface area contributed by atoms with Gasteiger partial charge in [0, 0.05) is 5.69 Å². The van der Waals surface area contributed by atoms with Crippen molar-refractivity contribution in [2.75, 3.05) is 14.2 Å². The normalized spacial score (nSPS) is 15.5. The molecule has 4 nitrogen and oxygen atoms in total. The Bertz CT molecular complexity index is 927. The van der Waals surface area contributed by atoms with E-state index < -0.39 is 0 Å². The zero-order chi connectivity index (χ0) is 16.7. The number of aromatic nitrogens is 2. The average molecular weight is 356 g/mol. The van der Waals surface area contributed by atoms with Crippen molar-refractivity contribution in [2.24, 2.45) is 0 Å². The molecule has 0 fully saturated rings. The highest BCUT2D eigenvalue weighted by molar-refractivity contribution is 8.01. The van der Waals surface area contributed by atoms with Crippen LogP contribution in [0.1, 0.15) is 16.5 Å². The maximum Gasteiger partial charge on any atom is 0.182 e. The van der Waals surface area contributed by atoms with Crippen LogP contribution in [-0.4, -0.2) is 23.8 Å². The van der Waals surface area contributed by atoms with Crippen LogP contribution in [0.4, 0.5) is 0 Å². The third-order valence-electron chi connectivity index (χ3n) is 4.12. The molecule has 2 heterocycles. The van der Waals surface area contributed by atoms with E-state index in [-0.39, 0.29) is 5.25 Å². The minimum absolute atomic E-state index is 0.284. The Labute approximate surface area is 149 Å². The number of imidazole rings is 1. The summed E-state index contributed by atoms with van der Waals surface area (Å²) in [6.45, 7) is 0. The molecule has 3 aromatic rings. The van der Waals surface area contributed by atoms with Gasteiger partial charge in [-0.3, -0.25) is 4.57 Å². The van der Waals surface area contributed by atoms with Crippen LogP contribution in [-0.2, 0) is 0 Å². The second-order valence-electron chi connectivity index (χ2n) is 5.45. The molecule has 4 rings (SSSR count). The van der Waals surface area contributed by atoms with E-state index in [0.717, 1.165) is 17.2 Å². The molecule has 0 spiro atoms. The van der Waals surface area contributed by atoms with E-state index in [9.17, 15) is 0 Å². The molecular formula is C18H16N2O2S2. The quantitative estimate of drug-likeness (QED) is 0.685. The van der Waals surface area contributed by atoms with Crippen molar-refractivity contribution in [3.05, 3.63) is 64.6 Å². The van der Waals surface area contributed by atoms with E-state index in [1.165, 1.54) is 16.3 Å². The molecule has 2 aromatic carbocycles. The number of nitrogens with zero attached hydrogens (tertiary/aromatic N) is 1. The topological polar surface area (TPSA) is 39.2 Å². The van der Waals surface area contributed by atoms with Gasteiger partial charge in [-0.25, -0.2) is 0 Å². The fourth-order valence-electron chi connectivity index (χ4n) is 2.82. The Hall–Kier alpha value is -2.18. The number of ether oxygens (including phenoxy) is 2. The van der Waals surface area contributed by atoms with Crippen molar-refractivity contribution in [3.63, 3.8) is 0 Å². The number of fused-ring (bicyclic) bond motifs is 1. The van der Waals surface area contributed by atoms with E-state index >= 15 is 0 Å². The summed E-state index contributed by atoms with van der Waals surface area (Å²) < 4.78 is 13.2. The van der Waals surface area contributed by atoms with Gasteiger partial charge in [0.25, 0.3) is 0 Å². The Balaban J connectivity index is 1.68. The summed E-state index contributed by atoms with van der Waals surface area (Å²) in [4.78, 5) is 3.36. The highest BCUT2D eigenvalue weighted by Crippen LogP contribution is 2.53. The number of nitrogens with one attached hydrogen (secondary N) is 1. The largest absolute Gasteiger partial charge is 0.497 e. The van der Waals surface area contributed by atoms with Gasteiger partial charge in [-0.05, 0) is 54.2 Å². The minimum atomic E-state index is 0.284. The molecule has 0 radical (unpaired) electrons. The highest BCUT2D eigenvalue weighted by Gasteiger charge is 2.34. The summed E-state index contributed by atoms with van der Waals surface area (Å²) in [6, 6.07) is 16.1. The number of rotatable bonds is 4. The third-order valence-corrected chi connectivity index (χ3v) is 5.77. The van der Waals surface area contributed by atoms with Crippen molar-refractivity contribution >= 4 is 24.0 Å². The second kappa shape index (κ2) is 6.03. The molecule has 1 unspecified atom stereocenters. The Morgan fingerprint density at radius 1 is 0.958 bits per heavy atom. The standard InChI is InChI=1S/C18H16N2O2S2/c1-21-13-7-3-11(4-8-13)16-15-17(24-16)20(18(23)19-15)12-5-9-14(22-2)10-6-12/h3-10,16H,1-2H3,(H,19,23). The molecule has 0 saturated carbocycles. The van der Waals surface area contributed by atoms with Crippen LogP contribution in [0.5, 0.6) is 11.5 Å². The van der Waals surface area contributed by atoms with Gasteiger partial charge in [0.05, 0.1) is 25.2 Å². The Kier molecular flexibility index (Phi) is 3.86. The Morgan fingerprint density at radius 3 is 2.12 bits per heavy atom. The second-order valence-corrected chi connectivity index (χ2v) is 6.93. The number of H-pyrrole nitrogens is 1. The smallest absolute Gasteiger partial charge is 0.182 e. The van der Waals surface area contributed by atoms with Crippen molar-refractivity contribution in [2.45, 2.75) is 10.3 Å². The van der Waals surface area contributed by atoms with Gasteiger partial charge >= 0.3 is 0 Å². The lowest BCUT2D eigenvalue weighted by Gasteiger charge is -2.27. The molecule has 0 aliphatic carbocycles. The molecule has 1 N–H and O–H groups in total. The first kappa shape index (κ1) is 15.4. The molecule has 24 heavy (non-hydrogen) atoms. The molecule has 1 atom stereocenters. The summed E-state index contributed by atoms with van der Waals surface area (Å²) >= 11 is 7.34. The van der Waals surface area contributed by atoms with Gasteiger partial charge in [0.15, 0.2) is 4.77 Å². The summed E-state index contributed by atoms with van der Waals surface area (Å²) in [7, 11) is 3.34. The zero-order valence-corrected chi connectivity index (χ0v) is 14.9. The number of hydrogen-bond acceptors (Lipinski definition) is 4. The lowest BCUT2D eigenvalue weighted by molar-refractivity contribution is 0.414. The molecule has 0 amide bonds. The van der Waals surface area contributed by atoms with Crippen molar-refractivity contribution in [1.29, 1.82) is 0 Å². The van der Waals surface area contributed by atoms with Gasteiger partial charge in [0.1, 0.15) is 16.5 Å². The molecule has 6 heteroatoms. The lowest BCUT2D eigenvalue weighted by Crippen LogP contribution is -2.10. The Morgan fingerprint density at radius 2 is 1.54 bits per heavy atom. The summed E-state index contributed by atoms with van der Waals surface area (Å²) in [6.07, 6.45) is 0. The SMILES string of the molecule is COc1ccc(C2Sc3c2[nH]c(=S)n3-c2ccc(OC)cc2)cc1. The van der Waals surface area contributed by atoms with Gasteiger partial charge in [-0.1, -0.05) is 23.9 Å². The third kappa shape index (κ3) is 2.42. The first-order chi connectivity index (χ1) is 11.7. The van der Waals surface area contributed by atoms with Crippen molar-refractivity contribution in [1.82, 2.24) is 9.55 Å². The fourth-order valence-corrected chi connectivity index (χ4v) is 4.40.